The molecule has 0 spiro atoms. The van der Waals surface area contributed by atoms with E-state index in [9.17, 15) is 9.59 Å². The monoisotopic (exact) mass is 238 g/mol. The molecule has 0 heterocycles. The molecule has 0 aliphatic rings. The molecule has 1 aromatic carbocycles. The molecule has 1 rings (SSSR count). The van der Waals surface area contributed by atoms with Gasteiger partial charge in [-0.3, -0.25) is 0 Å². The highest BCUT2D eigenvalue weighted by Gasteiger charge is 2.17. The largest absolute Gasteiger partial charge is 0.478 e. The Morgan fingerprint density at radius 3 is 2.12 bits per heavy atom. The number of ether oxygens (including phenoxy) is 1. The standard InChI is InChI=1S/C12H14O5/c1-2-6-17-7-10-8(11(13)14)4-3-5-9(10)12(15)16/h3-5H,2,6-7H2,1H3,(H,13,14)(H,15,16). The minimum atomic E-state index is -1.15. The number of rotatable bonds is 6. The first-order chi connectivity index (χ1) is 8.07. The third-order valence-corrected chi connectivity index (χ3v) is 2.23. The third-order valence-electron chi connectivity index (χ3n) is 2.23. The van der Waals surface area contributed by atoms with E-state index in [0.717, 1.165) is 6.42 Å². The second kappa shape index (κ2) is 6.00. The summed E-state index contributed by atoms with van der Waals surface area (Å²) in [6.45, 7) is 2.38. The second-order valence-corrected chi connectivity index (χ2v) is 3.49. The van der Waals surface area contributed by atoms with Crippen molar-refractivity contribution in [2.45, 2.75) is 20.0 Å². The molecule has 0 saturated heterocycles. The van der Waals surface area contributed by atoms with Crippen molar-refractivity contribution in [3.8, 4) is 0 Å². The van der Waals surface area contributed by atoms with Crippen LogP contribution in [0.5, 0.6) is 0 Å². The molecular formula is C12H14O5. The van der Waals surface area contributed by atoms with E-state index < -0.39 is 11.9 Å². The summed E-state index contributed by atoms with van der Waals surface area (Å²) in [5, 5.41) is 18.0. The first-order valence-corrected chi connectivity index (χ1v) is 5.24. The van der Waals surface area contributed by atoms with Crippen molar-refractivity contribution in [2.24, 2.45) is 0 Å². The van der Waals surface area contributed by atoms with Crippen LogP contribution >= 0.6 is 0 Å². The fourth-order valence-corrected chi connectivity index (χ4v) is 1.46. The summed E-state index contributed by atoms with van der Waals surface area (Å²) < 4.78 is 5.22. The Morgan fingerprint density at radius 2 is 1.71 bits per heavy atom. The maximum Gasteiger partial charge on any atom is 0.336 e. The lowest BCUT2D eigenvalue weighted by atomic mass is 10.0. The summed E-state index contributed by atoms with van der Waals surface area (Å²) in [6, 6.07) is 4.16. The van der Waals surface area contributed by atoms with Gasteiger partial charge in [-0.05, 0) is 18.6 Å². The van der Waals surface area contributed by atoms with Crippen molar-refractivity contribution in [2.75, 3.05) is 6.61 Å². The Balaban J connectivity index is 3.10. The second-order valence-electron chi connectivity index (χ2n) is 3.49. The fourth-order valence-electron chi connectivity index (χ4n) is 1.46. The number of hydrogen-bond donors (Lipinski definition) is 2. The van der Waals surface area contributed by atoms with Crippen LogP contribution < -0.4 is 0 Å². The molecule has 0 bridgehead atoms. The van der Waals surface area contributed by atoms with Crippen molar-refractivity contribution in [1.29, 1.82) is 0 Å². The molecule has 0 radical (unpaired) electrons. The summed E-state index contributed by atoms with van der Waals surface area (Å²) in [5.41, 5.74) is 0.156. The van der Waals surface area contributed by atoms with Gasteiger partial charge in [0.05, 0.1) is 17.7 Å². The number of benzene rings is 1. The highest BCUT2D eigenvalue weighted by atomic mass is 16.5. The SMILES string of the molecule is CCCOCc1c(C(=O)O)cccc1C(=O)O. The summed E-state index contributed by atoms with van der Waals surface area (Å²) in [6.07, 6.45) is 0.789. The molecule has 92 valence electrons. The normalized spacial score (nSPS) is 10.2. The van der Waals surface area contributed by atoms with E-state index >= 15 is 0 Å². The fraction of sp³-hybridized carbons (Fsp3) is 0.333. The molecule has 17 heavy (non-hydrogen) atoms. The maximum absolute atomic E-state index is 11.0. The van der Waals surface area contributed by atoms with E-state index in [-0.39, 0.29) is 23.3 Å². The molecule has 0 saturated carbocycles. The van der Waals surface area contributed by atoms with E-state index in [0.29, 0.717) is 6.61 Å². The maximum atomic E-state index is 11.0. The van der Waals surface area contributed by atoms with E-state index in [2.05, 4.69) is 0 Å². The molecule has 0 amide bonds. The Labute approximate surface area is 98.6 Å². The third kappa shape index (κ3) is 3.29. The molecule has 0 aliphatic carbocycles. The zero-order chi connectivity index (χ0) is 12.8. The van der Waals surface area contributed by atoms with Gasteiger partial charge in [0.15, 0.2) is 0 Å². The van der Waals surface area contributed by atoms with Gasteiger partial charge in [-0.2, -0.15) is 0 Å². The summed E-state index contributed by atoms with van der Waals surface area (Å²) >= 11 is 0. The first-order valence-electron chi connectivity index (χ1n) is 5.24. The summed E-state index contributed by atoms with van der Waals surface area (Å²) in [4.78, 5) is 22.0. The van der Waals surface area contributed by atoms with Gasteiger partial charge in [-0.15, -0.1) is 0 Å². The molecule has 0 unspecified atom stereocenters. The number of hydrogen-bond acceptors (Lipinski definition) is 3. The van der Waals surface area contributed by atoms with Gasteiger partial charge in [0.2, 0.25) is 0 Å². The number of carbonyl (C=O) groups is 2. The molecule has 5 nitrogen and oxygen atoms in total. The highest BCUT2D eigenvalue weighted by molar-refractivity contribution is 5.96. The van der Waals surface area contributed by atoms with Crippen molar-refractivity contribution >= 4 is 11.9 Å². The van der Waals surface area contributed by atoms with Crippen molar-refractivity contribution in [3.63, 3.8) is 0 Å². The van der Waals surface area contributed by atoms with Crippen molar-refractivity contribution < 1.29 is 24.5 Å². The van der Waals surface area contributed by atoms with Crippen LogP contribution in [0.3, 0.4) is 0 Å². The molecular weight excluding hydrogens is 224 g/mol. The highest BCUT2D eigenvalue weighted by Crippen LogP contribution is 2.16. The number of carboxylic acids is 2. The molecule has 0 fully saturated rings. The van der Waals surface area contributed by atoms with Gasteiger partial charge >= 0.3 is 11.9 Å². The Hall–Kier alpha value is -1.88. The average molecular weight is 238 g/mol. The van der Waals surface area contributed by atoms with Crippen LogP contribution in [-0.4, -0.2) is 28.8 Å². The number of aromatic carboxylic acids is 2. The predicted molar refractivity (Wildman–Crippen MR) is 60.3 cm³/mol. The van der Waals surface area contributed by atoms with Crippen molar-refractivity contribution in [1.82, 2.24) is 0 Å². The lowest BCUT2D eigenvalue weighted by molar-refractivity contribution is 0.0679. The smallest absolute Gasteiger partial charge is 0.336 e. The van der Waals surface area contributed by atoms with E-state index in [4.69, 9.17) is 14.9 Å². The van der Waals surface area contributed by atoms with Gasteiger partial charge < -0.3 is 14.9 Å². The summed E-state index contributed by atoms with van der Waals surface area (Å²) in [5.74, 6) is -2.30. The zero-order valence-corrected chi connectivity index (χ0v) is 9.47. The Kier molecular flexibility index (Phi) is 4.66. The van der Waals surface area contributed by atoms with Crippen LogP contribution in [0.25, 0.3) is 0 Å². The Morgan fingerprint density at radius 1 is 1.18 bits per heavy atom. The van der Waals surface area contributed by atoms with E-state index in [1.165, 1.54) is 18.2 Å². The van der Waals surface area contributed by atoms with Crippen LogP contribution in [0.1, 0.15) is 39.6 Å². The number of carboxylic acid groups (broad SMARTS) is 2. The minimum Gasteiger partial charge on any atom is -0.478 e. The van der Waals surface area contributed by atoms with E-state index in [1.807, 2.05) is 6.92 Å². The molecule has 0 aromatic heterocycles. The first kappa shape index (κ1) is 13.2. The summed E-state index contributed by atoms with van der Waals surface area (Å²) in [7, 11) is 0. The topological polar surface area (TPSA) is 83.8 Å². The van der Waals surface area contributed by atoms with Crippen molar-refractivity contribution in [3.05, 3.63) is 34.9 Å². The van der Waals surface area contributed by atoms with Crippen LogP contribution in [0, 0.1) is 0 Å². The Bertz CT molecular complexity index is 393. The quantitative estimate of drug-likeness (QED) is 0.740. The average Bonchev–Trinajstić information content (AvgIpc) is 2.28. The molecule has 0 aliphatic heterocycles. The molecule has 2 N–H and O–H groups in total. The molecule has 1 aromatic rings. The van der Waals surface area contributed by atoms with Crippen LogP contribution in [0.2, 0.25) is 0 Å². The molecule has 0 atom stereocenters. The zero-order valence-electron chi connectivity index (χ0n) is 9.47. The van der Waals surface area contributed by atoms with Gasteiger partial charge in [0.25, 0.3) is 0 Å². The lowest BCUT2D eigenvalue weighted by Gasteiger charge is -2.10. The van der Waals surface area contributed by atoms with Crippen LogP contribution in [0.15, 0.2) is 18.2 Å². The van der Waals surface area contributed by atoms with Gasteiger partial charge in [-0.1, -0.05) is 13.0 Å². The van der Waals surface area contributed by atoms with Gasteiger partial charge in [0, 0.05) is 12.2 Å². The molecule has 5 heteroatoms. The van der Waals surface area contributed by atoms with Crippen LogP contribution in [-0.2, 0) is 11.3 Å². The minimum absolute atomic E-state index is 0.00204. The van der Waals surface area contributed by atoms with E-state index in [1.54, 1.807) is 0 Å². The lowest BCUT2D eigenvalue weighted by Crippen LogP contribution is -2.11. The van der Waals surface area contributed by atoms with Gasteiger partial charge in [-0.25, -0.2) is 9.59 Å². The predicted octanol–water partition coefficient (Wildman–Crippen LogP) is 2.01. The van der Waals surface area contributed by atoms with Gasteiger partial charge in [0.1, 0.15) is 0 Å². The van der Waals surface area contributed by atoms with Crippen LogP contribution in [0.4, 0.5) is 0 Å².